The van der Waals surface area contributed by atoms with Gasteiger partial charge in [-0.2, -0.15) is 4.98 Å². The molecule has 9 heteroatoms. The van der Waals surface area contributed by atoms with Gasteiger partial charge in [-0.05, 0) is 24.5 Å². The van der Waals surface area contributed by atoms with E-state index in [1.807, 2.05) is 25.1 Å². The minimum Gasteiger partial charge on any atom is -0.378 e. The van der Waals surface area contributed by atoms with Crippen LogP contribution in [-0.2, 0) is 16.0 Å². The summed E-state index contributed by atoms with van der Waals surface area (Å²) < 4.78 is 6.34. The van der Waals surface area contributed by atoms with Crippen LogP contribution in [0.1, 0.15) is 18.1 Å². The molecular formula is C20H23N5O2S2. The van der Waals surface area contributed by atoms with E-state index in [1.165, 1.54) is 18.1 Å². The maximum Gasteiger partial charge on any atom is 0.234 e. The van der Waals surface area contributed by atoms with Crippen molar-refractivity contribution in [3.05, 3.63) is 35.7 Å². The molecule has 1 N–H and O–H groups in total. The summed E-state index contributed by atoms with van der Waals surface area (Å²) in [7, 11) is 0. The van der Waals surface area contributed by atoms with Gasteiger partial charge in [-0.1, -0.05) is 48.2 Å². The molecule has 1 aliphatic rings. The molecule has 2 aromatic heterocycles. The molecule has 0 bridgehead atoms. The number of nitrogens with zero attached hydrogens (tertiary/aromatic N) is 4. The molecule has 1 aromatic carbocycles. The molecule has 3 aromatic rings. The van der Waals surface area contributed by atoms with Crippen LogP contribution in [-0.4, -0.2) is 52.9 Å². The third-order valence-corrected chi connectivity index (χ3v) is 7.00. The molecule has 3 heterocycles. The Balaban J connectivity index is 1.47. The van der Waals surface area contributed by atoms with Gasteiger partial charge in [0.25, 0.3) is 0 Å². The molecule has 0 spiro atoms. The van der Waals surface area contributed by atoms with Gasteiger partial charge >= 0.3 is 0 Å². The van der Waals surface area contributed by atoms with E-state index in [1.54, 1.807) is 11.3 Å². The highest BCUT2D eigenvalue weighted by Crippen LogP contribution is 2.34. The Labute approximate surface area is 177 Å². The van der Waals surface area contributed by atoms with E-state index in [-0.39, 0.29) is 11.7 Å². The van der Waals surface area contributed by atoms with E-state index in [2.05, 4.69) is 32.1 Å². The van der Waals surface area contributed by atoms with Gasteiger partial charge in [-0.3, -0.25) is 4.79 Å². The molecule has 1 saturated heterocycles. The molecule has 0 aliphatic carbocycles. The van der Waals surface area contributed by atoms with Crippen molar-refractivity contribution in [3.8, 4) is 0 Å². The van der Waals surface area contributed by atoms with Crippen LogP contribution >= 0.6 is 23.1 Å². The normalized spacial score (nSPS) is 14.3. The topological polar surface area (TPSA) is 80.2 Å². The van der Waals surface area contributed by atoms with Crippen LogP contribution < -0.4 is 10.2 Å². The van der Waals surface area contributed by atoms with E-state index in [4.69, 9.17) is 4.74 Å². The molecule has 1 aliphatic heterocycles. The van der Waals surface area contributed by atoms with Crippen LogP contribution in [0.5, 0.6) is 0 Å². The first-order chi connectivity index (χ1) is 14.2. The Morgan fingerprint density at radius 3 is 2.93 bits per heavy atom. The van der Waals surface area contributed by atoms with E-state index in [0.717, 1.165) is 51.2 Å². The maximum atomic E-state index is 12.6. The SMILES string of the molecule is CCc1cccc(C)c1NC(=O)CSc1ncnc2nc(N3CCOCC3)sc12. The Morgan fingerprint density at radius 2 is 2.14 bits per heavy atom. The van der Waals surface area contributed by atoms with Crippen molar-refractivity contribution in [1.82, 2.24) is 15.0 Å². The number of carbonyl (C=O) groups excluding carboxylic acids is 1. The molecule has 0 unspecified atom stereocenters. The largest absolute Gasteiger partial charge is 0.378 e. The number of thiazole rings is 1. The van der Waals surface area contributed by atoms with Gasteiger partial charge in [0.1, 0.15) is 16.1 Å². The average Bonchev–Trinajstić information content (AvgIpc) is 3.19. The number of para-hydroxylation sites is 1. The molecule has 1 fully saturated rings. The summed E-state index contributed by atoms with van der Waals surface area (Å²) in [6, 6.07) is 6.08. The maximum absolute atomic E-state index is 12.6. The quantitative estimate of drug-likeness (QED) is 0.474. The van der Waals surface area contributed by atoms with Gasteiger partial charge in [-0.15, -0.1) is 0 Å². The molecule has 7 nitrogen and oxygen atoms in total. The third-order valence-electron chi connectivity index (χ3n) is 4.77. The van der Waals surface area contributed by atoms with Crippen molar-refractivity contribution in [2.45, 2.75) is 25.3 Å². The smallest absolute Gasteiger partial charge is 0.234 e. The molecule has 4 rings (SSSR count). The molecule has 0 saturated carbocycles. The predicted octanol–water partition coefficient (Wildman–Crippen LogP) is 3.52. The molecule has 152 valence electrons. The van der Waals surface area contributed by atoms with E-state index in [9.17, 15) is 4.79 Å². The number of carbonyl (C=O) groups is 1. The Bertz CT molecular complexity index is 1020. The second-order valence-electron chi connectivity index (χ2n) is 6.73. The number of hydrogen-bond donors (Lipinski definition) is 1. The molecule has 1 amide bonds. The second kappa shape index (κ2) is 9.06. The number of amides is 1. The third kappa shape index (κ3) is 4.52. The van der Waals surface area contributed by atoms with Gasteiger partial charge in [0.05, 0.1) is 19.0 Å². The van der Waals surface area contributed by atoms with Crippen molar-refractivity contribution in [1.29, 1.82) is 0 Å². The summed E-state index contributed by atoms with van der Waals surface area (Å²) in [6.45, 7) is 7.18. The zero-order valence-electron chi connectivity index (χ0n) is 16.5. The average molecular weight is 430 g/mol. The summed E-state index contributed by atoms with van der Waals surface area (Å²) in [5.74, 6) is 0.248. The van der Waals surface area contributed by atoms with Crippen molar-refractivity contribution in [2.24, 2.45) is 0 Å². The summed E-state index contributed by atoms with van der Waals surface area (Å²) >= 11 is 3.00. The lowest BCUT2D eigenvalue weighted by molar-refractivity contribution is -0.113. The van der Waals surface area contributed by atoms with Crippen molar-refractivity contribution < 1.29 is 9.53 Å². The van der Waals surface area contributed by atoms with Gasteiger partial charge in [-0.25, -0.2) is 9.97 Å². The highest BCUT2D eigenvalue weighted by Gasteiger charge is 2.19. The highest BCUT2D eigenvalue weighted by atomic mass is 32.2. The first-order valence-corrected chi connectivity index (χ1v) is 11.4. The van der Waals surface area contributed by atoms with E-state index >= 15 is 0 Å². The van der Waals surface area contributed by atoms with Crippen LogP contribution in [0.4, 0.5) is 10.8 Å². The lowest BCUT2D eigenvalue weighted by Crippen LogP contribution is -2.36. The van der Waals surface area contributed by atoms with Gasteiger partial charge in [0.2, 0.25) is 5.91 Å². The highest BCUT2D eigenvalue weighted by molar-refractivity contribution is 8.00. The number of morpholine rings is 1. The summed E-state index contributed by atoms with van der Waals surface area (Å²) in [5, 5.41) is 4.79. The van der Waals surface area contributed by atoms with Gasteiger partial charge < -0.3 is 15.0 Å². The zero-order valence-corrected chi connectivity index (χ0v) is 18.1. The monoisotopic (exact) mass is 429 g/mol. The number of nitrogens with one attached hydrogen (secondary N) is 1. The summed E-state index contributed by atoms with van der Waals surface area (Å²) in [5.41, 5.74) is 3.82. The number of ether oxygens (including phenoxy) is 1. The molecular weight excluding hydrogens is 406 g/mol. The fraction of sp³-hybridized carbons (Fsp3) is 0.400. The second-order valence-corrected chi connectivity index (χ2v) is 8.67. The number of thioether (sulfide) groups is 1. The number of rotatable bonds is 6. The summed E-state index contributed by atoms with van der Waals surface area (Å²) in [4.78, 5) is 28.1. The number of fused-ring (bicyclic) bond motifs is 1. The lowest BCUT2D eigenvalue weighted by atomic mass is 10.1. The van der Waals surface area contributed by atoms with Gasteiger partial charge in [0, 0.05) is 18.8 Å². The first kappa shape index (κ1) is 20.1. The number of aryl methyl sites for hydroxylation is 2. The summed E-state index contributed by atoms with van der Waals surface area (Å²) in [6.07, 6.45) is 2.39. The minimum atomic E-state index is -0.0383. The van der Waals surface area contributed by atoms with E-state index in [0.29, 0.717) is 18.9 Å². The Morgan fingerprint density at radius 1 is 1.31 bits per heavy atom. The zero-order chi connectivity index (χ0) is 20.2. The van der Waals surface area contributed by atoms with Crippen molar-refractivity contribution >= 4 is 50.2 Å². The Hall–Kier alpha value is -2.23. The van der Waals surface area contributed by atoms with Crippen LogP contribution in [0.3, 0.4) is 0 Å². The standard InChI is InChI=1S/C20H23N5O2S2/c1-3-14-6-4-5-13(2)16(14)23-15(26)11-28-19-17-18(21-12-22-19)24-20(29-17)25-7-9-27-10-8-25/h4-6,12H,3,7-11H2,1-2H3,(H,23,26). The minimum absolute atomic E-state index is 0.0383. The van der Waals surface area contributed by atoms with E-state index < -0.39 is 0 Å². The van der Waals surface area contributed by atoms with Crippen molar-refractivity contribution in [3.63, 3.8) is 0 Å². The van der Waals surface area contributed by atoms with Crippen LogP contribution in [0, 0.1) is 6.92 Å². The van der Waals surface area contributed by atoms with Crippen LogP contribution in [0.15, 0.2) is 29.6 Å². The molecule has 29 heavy (non-hydrogen) atoms. The van der Waals surface area contributed by atoms with Crippen LogP contribution in [0.2, 0.25) is 0 Å². The fourth-order valence-electron chi connectivity index (χ4n) is 3.23. The van der Waals surface area contributed by atoms with Gasteiger partial charge in [0.15, 0.2) is 10.8 Å². The number of benzene rings is 1. The lowest BCUT2D eigenvalue weighted by Gasteiger charge is -2.25. The molecule has 0 radical (unpaired) electrons. The van der Waals surface area contributed by atoms with Crippen LogP contribution in [0.25, 0.3) is 10.3 Å². The number of anilines is 2. The number of aromatic nitrogens is 3. The number of hydrogen-bond acceptors (Lipinski definition) is 8. The molecule has 0 atom stereocenters. The predicted molar refractivity (Wildman–Crippen MR) is 118 cm³/mol. The van der Waals surface area contributed by atoms with Crippen molar-refractivity contribution in [2.75, 3.05) is 42.3 Å². The first-order valence-electron chi connectivity index (χ1n) is 9.61. The Kier molecular flexibility index (Phi) is 6.27. The fourth-order valence-corrected chi connectivity index (χ4v) is 5.17.